The van der Waals surface area contributed by atoms with E-state index in [1.807, 2.05) is 0 Å². The Morgan fingerprint density at radius 2 is 2.10 bits per heavy atom. The lowest BCUT2D eigenvalue weighted by Gasteiger charge is -2.07. The fraction of sp³-hybridized carbons (Fsp3) is 0.571. The van der Waals surface area contributed by atoms with Gasteiger partial charge in [0.05, 0.1) is 0 Å². The molecule has 1 aliphatic rings. The third-order valence-electron chi connectivity index (χ3n) is 2.01. The molecule has 1 aliphatic carbocycles. The Balaban J connectivity index is 2.45. The lowest BCUT2D eigenvalue weighted by molar-refractivity contribution is 0.558. The molecule has 3 heteroatoms. The van der Waals surface area contributed by atoms with Crippen molar-refractivity contribution in [2.45, 2.75) is 25.7 Å². The van der Waals surface area contributed by atoms with Gasteiger partial charge in [0.15, 0.2) is 0 Å². The molecule has 0 aromatic carbocycles. The van der Waals surface area contributed by atoms with Gasteiger partial charge in [-0.2, -0.15) is 4.39 Å². The maximum Gasteiger partial charge on any atom is 0.235 e. The van der Waals surface area contributed by atoms with E-state index in [-0.39, 0.29) is 5.95 Å². The maximum absolute atomic E-state index is 12.7. The second-order valence-electron chi connectivity index (χ2n) is 2.68. The van der Waals surface area contributed by atoms with E-state index < -0.39 is 0 Å². The van der Waals surface area contributed by atoms with E-state index >= 15 is 0 Å². The van der Waals surface area contributed by atoms with Crippen LogP contribution in [0.15, 0.2) is 0 Å². The van der Waals surface area contributed by atoms with Crippen LogP contribution in [-0.2, 0) is 12.8 Å². The molecule has 0 spiro atoms. The Hall–Kier alpha value is -0.860. The molecule has 0 aliphatic heterocycles. The molecule has 2 rings (SSSR count). The Labute approximate surface area is 58.4 Å². The van der Waals surface area contributed by atoms with Crippen LogP contribution < -0.4 is 0 Å². The van der Waals surface area contributed by atoms with Crippen molar-refractivity contribution in [2.24, 2.45) is 0 Å². The molecule has 10 heavy (non-hydrogen) atoms. The number of hydrogen-bond acceptors (Lipinski definition) is 1. The molecule has 0 amide bonds. The number of nitrogens with one attached hydrogen (secondary N) is 1. The molecular formula is C7H9FN2. The SMILES string of the molecule is Fc1n[nH]c2c1CCCC2. The van der Waals surface area contributed by atoms with Gasteiger partial charge in [0, 0.05) is 11.3 Å². The number of H-pyrrole nitrogens is 1. The van der Waals surface area contributed by atoms with Gasteiger partial charge in [0.2, 0.25) is 5.95 Å². The number of rotatable bonds is 0. The third kappa shape index (κ3) is 0.735. The molecule has 54 valence electrons. The van der Waals surface area contributed by atoms with E-state index in [1.165, 1.54) is 0 Å². The number of aromatic nitrogens is 2. The van der Waals surface area contributed by atoms with Gasteiger partial charge >= 0.3 is 0 Å². The Morgan fingerprint density at radius 1 is 1.30 bits per heavy atom. The smallest absolute Gasteiger partial charge is 0.235 e. The van der Waals surface area contributed by atoms with Gasteiger partial charge in [-0.15, -0.1) is 5.10 Å². The first kappa shape index (κ1) is 5.89. The van der Waals surface area contributed by atoms with E-state index in [2.05, 4.69) is 10.2 Å². The molecule has 1 N–H and O–H groups in total. The largest absolute Gasteiger partial charge is 0.279 e. The number of aryl methyl sites for hydroxylation is 1. The number of nitrogens with zero attached hydrogens (tertiary/aromatic N) is 1. The molecule has 0 unspecified atom stereocenters. The summed E-state index contributed by atoms with van der Waals surface area (Å²) in [5.74, 6) is -0.297. The van der Waals surface area contributed by atoms with Crippen molar-refractivity contribution in [2.75, 3.05) is 0 Å². The summed E-state index contributed by atoms with van der Waals surface area (Å²) in [7, 11) is 0. The molecular weight excluding hydrogens is 131 g/mol. The zero-order valence-corrected chi connectivity index (χ0v) is 5.65. The fourth-order valence-corrected chi connectivity index (χ4v) is 1.44. The molecule has 0 saturated carbocycles. The van der Waals surface area contributed by atoms with Crippen LogP contribution in [0.3, 0.4) is 0 Å². The lowest BCUT2D eigenvalue weighted by atomic mass is 9.98. The predicted octanol–water partition coefficient (Wildman–Crippen LogP) is 1.43. The Bertz CT molecular complexity index is 242. The van der Waals surface area contributed by atoms with Crippen molar-refractivity contribution in [3.8, 4) is 0 Å². The predicted molar refractivity (Wildman–Crippen MR) is 35.2 cm³/mol. The second-order valence-corrected chi connectivity index (χ2v) is 2.68. The van der Waals surface area contributed by atoms with E-state index in [4.69, 9.17) is 0 Å². The first-order valence-electron chi connectivity index (χ1n) is 3.59. The summed E-state index contributed by atoms with van der Waals surface area (Å²) in [6, 6.07) is 0. The average Bonchev–Trinajstić information content (AvgIpc) is 2.34. The van der Waals surface area contributed by atoms with Gasteiger partial charge in [-0.3, -0.25) is 5.10 Å². The molecule has 2 nitrogen and oxygen atoms in total. The van der Waals surface area contributed by atoms with Crippen LogP contribution in [0.5, 0.6) is 0 Å². The maximum atomic E-state index is 12.7. The van der Waals surface area contributed by atoms with Crippen LogP contribution in [0, 0.1) is 5.95 Å². The number of aromatic amines is 1. The molecule has 1 aromatic heterocycles. The zero-order valence-electron chi connectivity index (χ0n) is 5.65. The first-order valence-corrected chi connectivity index (χ1v) is 3.59. The molecule has 0 bridgehead atoms. The van der Waals surface area contributed by atoms with Crippen molar-refractivity contribution in [1.82, 2.24) is 10.2 Å². The number of fused-ring (bicyclic) bond motifs is 1. The summed E-state index contributed by atoms with van der Waals surface area (Å²) in [5, 5.41) is 6.21. The van der Waals surface area contributed by atoms with E-state index in [0.717, 1.165) is 36.9 Å². The van der Waals surface area contributed by atoms with Crippen molar-refractivity contribution < 1.29 is 4.39 Å². The highest BCUT2D eigenvalue weighted by Gasteiger charge is 2.15. The third-order valence-corrected chi connectivity index (χ3v) is 2.01. The summed E-state index contributed by atoms with van der Waals surface area (Å²) >= 11 is 0. The van der Waals surface area contributed by atoms with Crippen molar-refractivity contribution in [1.29, 1.82) is 0 Å². The van der Waals surface area contributed by atoms with E-state index in [0.29, 0.717) is 0 Å². The lowest BCUT2D eigenvalue weighted by Crippen LogP contribution is -2.01. The zero-order chi connectivity index (χ0) is 6.97. The van der Waals surface area contributed by atoms with Crippen LogP contribution in [0.25, 0.3) is 0 Å². The van der Waals surface area contributed by atoms with Crippen molar-refractivity contribution in [3.05, 3.63) is 17.2 Å². The van der Waals surface area contributed by atoms with E-state index in [9.17, 15) is 4.39 Å². The number of halogens is 1. The standard InChI is InChI=1S/C7H9FN2/c8-7-5-3-1-2-4-6(5)9-10-7/h1-4H2,(H,9,10). The Morgan fingerprint density at radius 3 is 2.90 bits per heavy atom. The van der Waals surface area contributed by atoms with Crippen molar-refractivity contribution in [3.63, 3.8) is 0 Å². The highest BCUT2D eigenvalue weighted by Crippen LogP contribution is 2.20. The normalized spacial score (nSPS) is 16.9. The number of hydrogen-bond donors (Lipinski definition) is 1. The van der Waals surface area contributed by atoms with Crippen molar-refractivity contribution >= 4 is 0 Å². The van der Waals surface area contributed by atoms with Crippen LogP contribution >= 0.6 is 0 Å². The van der Waals surface area contributed by atoms with Crippen LogP contribution in [0.2, 0.25) is 0 Å². The van der Waals surface area contributed by atoms with Gasteiger partial charge < -0.3 is 0 Å². The summed E-state index contributed by atoms with van der Waals surface area (Å²) in [4.78, 5) is 0. The summed E-state index contributed by atoms with van der Waals surface area (Å²) < 4.78 is 12.7. The van der Waals surface area contributed by atoms with Gasteiger partial charge in [0.25, 0.3) is 0 Å². The van der Waals surface area contributed by atoms with Gasteiger partial charge in [0.1, 0.15) is 0 Å². The van der Waals surface area contributed by atoms with Gasteiger partial charge in [-0.1, -0.05) is 0 Å². The molecule has 0 fully saturated rings. The van der Waals surface area contributed by atoms with Gasteiger partial charge in [-0.25, -0.2) is 0 Å². The summed E-state index contributed by atoms with van der Waals surface area (Å²) in [6.07, 6.45) is 4.09. The Kier molecular flexibility index (Phi) is 1.22. The quantitative estimate of drug-likeness (QED) is 0.580. The van der Waals surface area contributed by atoms with Gasteiger partial charge in [-0.05, 0) is 25.7 Å². The minimum atomic E-state index is -0.297. The van der Waals surface area contributed by atoms with E-state index in [1.54, 1.807) is 0 Å². The molecule has 1 heterocycles. The summed E-state index contributed by atoms with van der Waals surface area (Å²) in [6.45, 7) is 0. The minimum Gasteiger partial charge on any atom is -0.279 e. The fourth-order valence-electron chi connectivity index (χ4n) is 1.44. The molecule has 0 radical (unpaired) electrons. The van der Waals surface area contributed by atoms with Crippen LogP contribution in [-0.4, -0.2) is 10.2 Å². The van der Waals surface area contributed by atoms with Crippen LogP contribution in [0.4, 0.5) is 4.39 Å². The monoisotopic (exact) mass is 140 g/mol. The molecule has 0 saturated heterocycles. The minimum absolute atomic E-state index is 0.297. The highest BCUT2D eigenvalue weighted by molar-refractivity contribution is 5.20. The molecule has 0 atom stereocenters. The second kappa shape index (κ2) is 2.08. The first-order chi connectivity index (χ1) is 4.88. The topological polar surface area (TPSA) is 28.7 Å². The highest BCUT2D eigenvalue weighted by atomic mass is 19.1. The molecule has 1 aromatic rings. The summed E-state index contributed by atoms with van der Waals surface area (Å²) in [5.41, 5.74) is 1.81. The average molecular weight is 140 g/mol. The van der Waals surface area contributed by atoms with Crippen LogP contribution in [0.1, 0.15) is 24.1 Å².